The number of fused-ring (bicyclic) bond motifs is 1. The number of nitrogens with zero attached hydrogens (tertiary/aromatic N) is 2. The number of aromatic nitrogens is 1. The summed E-state index contributed by atoms with van der Waals surface area (Å²) in [5.41, 5.74) is 4.17. The summed E-state index contributed by atoms with van der Waals surface area (Å²) >= 11 is 0. The van der Waals surface area contributed by atoms with E-state index in [0.29, 0.717) is 0 Å². The monoisotopic (exact) mass is 306 g/mol. The van der Waals surface area contributed by atoms with E-state index in [0.717, 1.165) is 19.6 Å². The lowest BCUT2D eigenvalue weighted by atomic mass is 10.1. The van der Waals surface area contributed by atoms with Gasteiger partial charge >= 0.3 is 0 Å². The van der Waals surface area contributed by atoms with Gasteiger partial charge in [0.25, 0.3) is 0 Å². The van der Waals surface area contributed by atoms with Gasteiger partial charge in [-0.05, 0) is 18.2 Å². The van der Waals surface area contributed by atoms with Gasteiger partial charge in [-0.3, -0.25) is 0 Å². The number of para-hydroxylation sites is 2. The Labute approximate surface area is 137 Å². The summed E-state index contributed by atoms with van der Waals surface area (Å²) in [7, 11) is 2.15. The third kappa shape index (κ3) is 2.84. The fourth-order valence-corrected chi connectivity index (χ4v) is 3.73. The topological polar surface area (TPSA) is 12.6 Å². The van der Waals surface area contributed by atoms with Gasteiger partial charge in [0.2, 0.25) is 0 Å². The molecule has 1 fully saturated rings. The predicted molar refractivity (Wildman–Crippen MR) is 96.0 cm³/mol. The summed E-state index contributed by atoms with van der Waals surface area (Å²) in [5, 5.41) is 1.41. The van der Waals surface area contributed by atoms with Gasteiger partial charge in [-0.25, -0.2) is 0 Å². The highest BCUT2D eigenvalue weighted by atomic mass is 15.3. The number of hydrogen-bond acceptors (Lipinski definition) is 1. The fourth-order valence-electron chi connectivity index (χ4n) is 3.73. The molecule has 118 valence electrons. The van der Waals surface area contributed by atoms with Gasteiger partial charge in [0.15, 0.2) is 0 Å². The maximum Gasteiger partial charge on any atom is 0.105 e. The molecular formula is C20H24N3+. The van der Waals surface area contributed by atoms with Crippen LogP contribution >= 0.6 is 0 Å². The minimum absolute atomic E-state index is 1.13. The molecule has 0 saturated carbocycles. The van der Waals surface area contributed by atoms with Crippen LogP contribution in [0, 0.1) is 0 Å². The summed E-state index contributed by atoms with van der Waals surface area (Å²) in [4.78, 5) is 4.20. The number of quaternary nitrogens is 1. The second-order valence-corrected chi connectivity index (χ2v) is 6.53. The van der Waals surface area contributed by atoms with Crippen molar-refractivity contribution < 1.29 is 4.90 Å². The molecule has 0 amide bonds. The zero-order valence-corrected chi connectivity index (χ0v) is 13.7. The van der Waals surface area contributed by atoms with Crippen molar-refractivity contribution in [1.29, 1.82) is 0 Å². The van der Waals surface area contributed by atoms with Crippen LogP contribution in [0.1, 0.15) is 5.56 Å². The van der Waals surface area contributed by atoms with Crippen molar-refractivity contribution >= 4 is 16.6 Å². The standard InChI is InChI=1S/C20H23N3/c1-21-15-17(19-9-5-6-10-20(19)21)16-22-11-13-23(14-12-22)18-7-3-2-4-8-18/h2-10,15H,11-14,16H2,1H3/p+1. The molecule has 1 saturated heterocycles. The van der Waals surface area contributed by atoms with Crippen molar-refractivity contribution in [2.75, 3.05) is 31.1 Å². The number of piperazine rings is 1. The average molecular weight is 306 g/mol. The molecule has 3 aromatic rings. The molecule has 23 heavy (non-hydrogen) atoms. The first kappa shape index (κ1) is 14.3. The van der Waals surface area contributed by atoms with Crippen molar-refractivity contribution in [3.8, 4) is 0 Å². The molecule has 0 atom stereocenters. The van der Waals surface area contributed by atoms with E-state index in [1.807, 2.05) is 0 Å². The zero-order chi connectivity index (χ0) is 15.6. The van der Waals surface area contributed by atoms with E-state index in [1.54, 1.807) is 4.90 Å². The molecular weight excluding hydrogens is 282 g/mol. The molecule has 3 nitrogen and oxygen atoms in total. The molecule has 1 N–H and O–H groups in total. The second kappa shape index (κ2) is 6.09. The number of anilines is 1. The second-order valence-electron chi connectivity index (χ2n) is 6.53. The lowest BCUT2D eigenvalue weighted by Gasteiger charge is -2.33. The van der Waals surface area contributed by atoms with E-state index >= 15 is 0 Å². The first-order valence-electron chi connectivity index (χ1n) is 8.48. The molecule has 0 aliphatic carbocycles. The third-order valence-corrected chi connectivity index (χ3v) is 5.01. The number of nitrogens with one attached hydrogen (secondary N) is 1. The Morgan fingerprint density at radius 1 is 0.913 bits per heavy atom. The smallest absolute Gasteiger partial charge is 0.105 e. The SMILES string of the molecule is Cn1cc(C[NH+]2CCN(c3ccccc3)CC2)c2ccccc21. The number of benzene rings is 2. The fraction of sp³-hybridized carbons (Fsp3) is 0.300. The summed E-state index contributed by atoms with van der Waals surface area (Å²) in [6.45, 7) is 5.83. The van der Waals surface area contributed by atoms with Crippen LogP contribution in [0.5, 0.6) is 0 Å². The van der Waals surface area contributed by atoms with Crippen LogP contribution in [0.15, 0.2) is 60.8 Å². The lowest BCUT2D eigenvalue weighted by molar-refractivity contribution is -0.914. The summed E-state index contributed by atoms with van der Waals surface area (Å²) in [6.07, 6.45) is 2.31. The Hall–Kier alpha value is -2.26. The molecule has 0 bridgehead atoms. The minimum Gasteiger partial charge on any atom is -0.360 e. The Kier molecular flexibility index (Phi) is 3.80. The molecule has 1 aliphatic rings. The Balaban J connectivity index is 1.45. The minimum atomic E-state index is 1.13. The number of aryl methyl sites for hydroxylation is 1. The first-order valence-corrected chi connectivity index (χ1v) is 8.48. The highest BCUT2D eigenvalue weighted by Crippen LogP contribution is 2.19. The summed E-state index contributed by atoms with van der Waals surface area (Å²) in [5.74, 6) is 0. The van der Waals surface area contributed by atoms with Crippen LogP contribution in [0.2, 0.25) is 0 Å². The molecule has 2 aromatic carbocycles. The Morgan fingerprint density at radius 3 is 2.39 bits per heavy atom. The Morgan fingerprint density at radius 2 is 1.61 bits per heavy atom. The van der Waals surface area contributed by atoms with E-state index < -0.39 is 0 Å². The van der Waals surface area contributed by atoms with Crippen LogP contribution in [-0.4, -0.2) is 30.7 Å². The predicted octanol–water partition coefficient (Wildman–Crippen LogP) is 2.08. The summed E-state index contributed by atoms with van der Waals surface area (Å²) in [6, 6.07) is 19.5. The van der Waals surface area contributed by atoms with Gasteiger partial charge < -0.3 is 14.4 Å². The quantitative estimate of drug-likeness (QED) is 0.782. The molecule has 1 aromatic heterocycles. The largest absolute Gasteiger partial charge is 0.360 e. The van der Waals surface area contributed by atoms with Gasteiger partial charge in [-0.1, -0.05) is 36.4 Å². The number of rotatable bonds is 3. The summed E-state index contributed by atoms with van der Waals surface area (Å²) < 4.78 is 2.25. The molecule has 3 heteroatoms. The average Bonchev–Trinajstić information content (AvgIpc) is 2.93. The van der Waals surface area contributed by atoms with Crippen LogP contribution in [0.25, 0.3) is 10.9 Å². The number of hydrogen-bond donors (Lipinski definition) is 1. The van der Waals surface area contributed by atoms with Crippen molar-refractivity contribution in [2.24, 2.45) is 7.05 Å². The van der Waals surface area contributed by atoms with Crippen LogP contribution in [-0.2, 0) is 13.6 Å². The molecule has 0 unspecified atom stereocenters. The van der Waals surface area contributed by atoms with Crippen molar-refractivity contribution in [3.05, 3.63) is 66.4 Å². The van der Waals surface area contributed by atoms with Crippen molar-refractivity contribution in [2.45, 2.75) is 6.54 Å². The normalized spacial score (nSPS) is 16.1. The molecule has 0 radical (unpaired) electrons. The lowest BCUT2D eigenvalue weighted by Crippen LogP contribution is -3.13. The van der Waals surface area contributed by atoms with E-state index in [2.05, 4.69) is 77.3 Å². The maximum absolute atomic E-state index is 2.51. The molecule has 2 heterocycles. The van der Waals surface area contributed by atoms with Crippen LogP contribution in [0.3, 0.4) is 0 Å². The van der Waals surface area contributed by atoms with E-state index in [-0.39, 0.29) is 0 Å². The van der Waals surface area contributed by atoms with Gasteiger partial charge in [0.05, 0.1) is 26.2 Å². The van der Waals surface area contributed by atoms with Crippen molar-refractivity contribution in [1.82, 2.24) is 4.57 Å². The van der Waals surface area contributed by atoms with E-state index in [9.17, 15) is 0 Å². The van der Waals surface area contributed by atoms with Gasteiger partial charge in [0.1, 0.15) is 6.54 Å². The van der Waals surface area contributed by atoms with Crippen LogP contribution in [0.4, 0.5) is 5.69 Å². The van der Waals surface area contributed by atoms with Gasteiger partial charge in [0, 0.05) is 35.4 Å². The highest BCUT2D eigenvalue weighted by Gasteiger charge is 2.21. The van der Waals surface area contributed by atoms with E-state index in [4.69, 9.17) is 0 Å². The van der Waals surface area contributed by atoms with E-state index in [1.165, 1.54) is 35.2 Å². The van der Waals surface area contributed by atoms with Crippen LogP contribution < -0.4 is 9.80 Å². The van der Waals surface area contributed by atoms with Gasteiger partial charge in [-0.2, -0.15) is 0 Å². The van der Waals surface area contributed by atoms with Gasteiger partial charge in [-0.15, -0.1) is 0 Å². The maximum atomic E-state index is 2.51. The molecule has 4 rings (SSSR count). The zero-order valence-electron chi connectivity index (χ0n) is 13.7. The van der Waals surface area contributed by atoms with Crippen molar-refractivity contribution in [3.63, 3.8) is 0 Å². The third-order valence-electron chi connectivity index (χ3n) is 5.01. The highest BCUT2D eigenvalue weighted by molar-refractivity contribution is 5.83. The molecule has 0 spiro atoms. The first-order chi connectivity index (χ1) is 11.3. The molecule has 1 aliphatic heterocycles. The Bertz CT molecular complexity index is 783.